The smallest absolute Gasteiger partial charge is 0.314 e. The van der Waals surface area contributed by atoms with Gasteiger partial charge in [0, 0.05) is 19.1 Å². The molecule has 1 aliphatic heterocycles. The Labute approximate surface area is 126 Å². The summed E-state index contributed by atoms with van der Waals surface area (Å²) in [7, 11) is 0. The molecule has 2 fully saturated rings. The van der Waals surface area contributed by atoms with Crippen LogP contribution in [0.4, 0.5) is 4.79 Å². The van der Waals surface area contributed by atoms with Gasteiger partial charge in [-0.05, 0) is 45.7 Å². The summed E-state index contributed by atoms with van der Waals surface area (Å²) in [6.45, 7) is 5.15. The first-order chi connectivity index (χ1) is 10.0. The maximum Gasteiger partial charge on any atom is 0.314 e. The van der Waals surface area contributed by atoms with Gasteiger partial charge >= 0.3 is 12.0 Å². The quantitative estimate of drug-likeness (QED) is 0.692. The first kappa shape index (κ1) is 16.1. The molecule has 21 heavy (non-hydrogen) atoms. The van der Waals surface area contributed by atoms with E-state index in [-0.39, 0.29) is 12.6 Å². The Kier molecular flexibility index (Phi) is 5.45. The largest absolute Gasteiger partial charge is 0.481 e. The topological polar surface area (TPSA) is 81.7 Å². The second-order valence-electron chi connectivity index (χ2n) is 6.45. The first-order valence-corrected chi connectivity index (χ1v) is 8.03. The molecule has 1 heterocycles. The molecule has 1 atom stereocenters. The van der Waals surface area contributed by atoms with Crippen molar-refractivity contribution in [2.24, 2.45) is 5.41 Å². The second kappa shape index (κ2) is 7.11. The van der Waals surface area contributed by atoms with Crippen LogP contribution in [-0.4, -0.2) is 54.2 Å². The summed E-state index contributed by atoms with van der Waals surface area (Å²) >= 11 is 0. The summed E-state index contributed by atoms with van der Waals surface area (Å²) < 4.78 is 0. The number of likely N-dealkylation sites (tertiary alicyclic amines) is 1. The van der Waals surface area contributed by atoms with Crippen molar-refractivity contribution in [3.8, 4) is 0 Å². The van der Waals surface area contributed by atoms with Gasteiger partial charge in [0.25, 0.3) is 0 Å². The monoisotopic (exact) mass is 297 g/mol. The molecule has 0 aromatic heterocycles. The molecule has 2 aliphatic rings. The predicted molar refractivity (Wildman–Crippen MR) is 80.2 cm³/mol. The van der Waals surface area contributed by atoms with Gasteiger partial charge in [0.1, 0.15) is 0 Å². The summed E-state index contributed by atoms with van der Waals surface area (Å²) in [6.07, 6.45) is 5.65. The SMILES string of the molecule is CC(CNC(=O)NCC1(C(=O)O)CCCC1)N1CCCC1. The number of nitrogens with one attached hydrogen (secondary N) is 2. The van der Waals surface area contributed by atoms with Gasteiger partial charge in [0.15, 0.2) is 0 Å². The zero-order valence-electron chi connectivity index (χ0n) is 12.9. The molecule has 6 heteroatoms. The fourth-order valence-electron chi connectivity index (χ4n) is 3.38. The lowest BCUT2D eigenvalue weighted by Crippen LogP contribution is -2.48. The van der Waals surface area contributed by atoms with Crippen molar-refractivity contribution in [3.05, 3.63) is 0 Å². The molecule has 6 nitrogen and oxygen atoms in total. The summed E-state index contributed by atoms with van der Waals surface area (Å²) in [5, 5.41) is 15.0. The number of carboxylic acids is 1. The lowest BCUT2D eigenvalue weighted by molar-refractivity contribution is -0.148. The highest BCUT2D eigenvalue weighted by Gasteiger charge is 2.41. The van der Waals surface area contributed by atoms with Crippen molar-refractivity contribution >= 4 is 12.0 Å². The molecule has 0 aromatic carbocycles. The van der Waals surface area contributed by atoms with Crippen LogP contribution in [0.1, 0.15) is 45.4 Å². The van der Waals surface area contributed by atoms with Gasteiger partial charge in [0.05, 0.1) is 5.41 Å². The number of carboxylic acid groups (broad SMARTS) is 1. The Morgan fingerprint density at radius 3 is 2.33 bits per heavy atom. The molecule has 0 bridgehead atoms. The summed E-state index contributed by atoms with van der Waals surface area (Å²) in [4.78, 5) is 25.6. The van der Waals surface area contributed by atoms with Crippen molar-refractivity contribution in [3.63, 3.8) is 0 Å². The summed E-state index contributed by atoms with van der Waals surface area (Å²) in [5.74, 6) is -0.786. The van der Waals surface area contributed by atoms with E-state index in [1.54, 1.807) is 0 Å². The van der Waals surface area contributed by atoms with E-state index in [4.69, 9.17) is 0 Å². The molecule has 2 amide bonds. The average Bonchev–Trinajstić information content (AvgIpc) is 3.13. The fourth-order valence-corrected chi connectivity index (χ4v) is 3.38. The maximum absolute atomic E-state index is 11.9. The van der Waals surface area contributed by atoms with Crippen LogP contribution in [-0.2, 0) is 4.79 Å². The predicted octanol–water partition coefficient (Wildman–Crippen LogP) is 1.41. The van der Waals surface area contributed by atoms with Gasteiger partial charge in [-0.1, -0.05) is 12.8 Å². The van der Waals surface area contributed by atoms with Gasteiger partial charge in [-0.25, -0.2) is 4.79 Å². The van der Waals surface area contributed by atoms with Crippen molar-refractivity contribution in [2.45, 2.75) is 51.5 Å². The minimum atomic E-state index is -0.786. The number of carbonyl (C=O) groups excluding carboxylic acids is 1. The van der Waals surface area contributed by atoms with Crippen LogP contribution in [0.3, 0.4) is 0 Å². The number of aliphatic carboxylic acids is 1. The third-order valence-electron chi connectivity index (χ3n) is 4.92. The Morgan fingerprint density at radius 1 is 1.14 bits per heavy atom. The highest BCUT2D eigenvalue weighted by atomic mass is 16.4. The van der Waals surface area contributed by atoms with Crippen LogP contribution < -0.4 is 10.6 Å². The second-order valence-corrected chi connectivity index (χ2v) is 6.45. The number of hydrogen-bond donors (Lipinski definition) is 3. The molecule has 1 saturated carbocycles. The lowest BCUT2D eigenvalue weighted by Gasteiger charge is -2.26. The lowest BCUT2D eigenvalue weighted by atomic mass is 9.86. The molecular formula is C15H27N3O3. The van der Waals surface area contributed by atoms with Crippen LogP contribution in [0.15, 0.2) is 0 Å². The van der Waals surface area contributed by atoms with E-state index < -0.39 is 11.4 Å². The zero-order chi connectivity index (χ0) is 15.3. The third kappa shape index (κ3) is 4.09. The number of nitrogens with zero attached hydrogens (tertiary/aromatic N) is 1. The molecule has 1 unspecified atom stereocenters. The van der Waals surface area contributed by atoms with E-state index in [9.17, 15) is 14.7 Å². The van der Waals surface area contributed by atoms with E-state index in [0.29, 0.717) is 25.4 Å². The van der Waals surface area contributed by atoms with Crippen molar-refractivity contribution in [1.82, 2.24) is 15.5 Å². The molecule has 1 saturated heterocycles. The van der Waals surface area contributed by atoms with Gasteiger partial charge in [-0.15, -0.1) is 0 Å². The third-order valence-corrected chi connectivity index (χ3v) is 4.92. The van der Waals surface area contributed by atoms with Crippen molar-refractivity contribution in [2.75, 3.05) is 26.2 Å². The maximum atomic E-state index is 11.9. The van der Waals surface area contributed by atoms with Crippen LogP contribution in [0, 0.1) is 5.41 Å². The minimum absolute atomic E-state index is 0.228. The standard InChI is InChI=1S/C15H27N3O3/c1-12(18-8-4-5-9-18)10-16-14(21)17-11-15(13(19)20)6-2-3-7-15/h12H,2-11H2,1H3,(H,19,20)(H2,16,17,21). The normalized spacial score (nSPS) is 22.9. The van der Waals surface area contributed by atoms with Gasteiger partial charge in [-0.3, -0.25) is 9.69 Å². The number of rotatable bonds is 6. The van der Waals surface area contributed by atoms with Gasteiger partial charge in [0.2, 0.25) is 0 Å². The Bertz CT molecular complexity index is 374. The van der Waals surface area contributed by atoms with Crippen molar-refractivity contribution < 1.29 is 14.7 Å². The van der Waals surface area contributed by atoms with E-state index >= 15 is 0 Å². The van der Waals surface area contributed by atoms with Crippen LogP contribution >= 0.6 is 0 Å². The Hall–Kier alpha value is -1.30. The summed E-state index contributed by atoms with van der Waals surface area (Å²) in [5.41, 5.74) is -0.752. The van der Waals surface area contributed by atoms with E-state index in [2.05, 4.69) is 22.5 Å². The molecule has 2 rings (SSSR count). The van der Waals surface area contributed by atoms with E-state index in [0.717, 1.165) is 25.9 Å². The number of carbonyl (C=O) groups is 2. The molecule has 0 radical (unpaired) electrons. The Balaban J connectivity index is 1.70. The molecular weight excluding hydrogens is 270 g/mol. The minimum Gasteiger partial charge on any atom is -0.481 e. The zero-order valence-corrected chi connectivity index (χ0v) is 12.9. The molecule has 3 N–H and O–H groups in total. The van der Waals surface area contributed by atoms with Crippen LogP contribution in [0.25, 0.3) is 0 Å². The van der Waals surface area contributed by atoms with Crippen LogP contribution in [0.2, 0.25) is 0 Å². The number of hydrogen-bond acceptors (Lipinski definition) is 3. The first-order valence-electron chi connectivity index (χ1n) is 8.03. The molecule has 120 valence electrons. The molecule has 1 aliphatic carbocycles. The van der Waals surface area contributed by atoms with Crippen molar-refractivity contribution in [1.29, 1.82) is 0 Å². The number of urea groups is 1. The van der Waals surface area contributed by atoms with E-state index in [1.807, 2.05) is 0 Å². The fraction of sp³-hybridized carbons (Fsp3) is 0.867. The van der Waals surface area contributed by atoms with Crippen LogP contribution in [0.5, 0.6) is 0 Å². The van der Waals surface area contributed by atoms with Gasteiger partial charge in [-0.2, -0.15) is 0 Å². The van der Waals surface area contributed by atoms with E-state index in [1.165, 1.54) is 12.8 Å². The highest BCUT2D eigenvalue weighted by Crippen LogP contribution is 2.37. The summed E-state index contributed by atoms with van der Waals surface area (Å²) in [6, 6.07) is 0.0757. The highest BCUT2D eigenvalue weighted by molar-refractivity contribution is 5.78. The number of amides is 2. The van der Waals surface area contributed by atoms with Gasteiger partial charge < -0.3 is 15.7 Å². The molecule has 0 aromatic rings. The average molecular weight is 297 g/mol. The Morgan fingerprint density at radius 2 is 1.76 bits per heavy atom. The molecule has 0 spiro atoms.